The molecule has 1 aliphatic rings. The van der Waals surface area contributed by atoms with E-state index in [4.69, 9.17) is 0 Å². The van der Waals surface area contributed by atoms with Crippen molar-refractivity contribution in [2.45, 2.75) is 58.8 Å². The zero-order chi connectivity index (χ0) is 11.1. The van der Waals surface area contributed by atoms with Crippen LogP contribution in [-0.2, 0) is 4.79 Å². The number of carbonyl (C=O) groups is 1. The molecule has 84 valence electrons. The molecule has 0 fully saturated rings. The zero-order valence-electron chi connectivity index (χ0n) is 10.0. The molecule has 0 heterocycles. The third kappa shape index (κ3) is 4.03. The number of Topliss-reactive ketones (excluding diaryl/α,β-unsaturated/α-hetero) is 1. The molecule has 0 N–H and O–H groups in total. The van der Waals surface area contributed by atoms with Gasteiger partial charge in [-0.2, -0.15) is 0 Å². The molecule has 1 nitrogen and oxygen atoms in total. The lowest BCUT2D eigenvalue weighted by molar-refractivity contribution is -0.115. The number of ketones is 1. The fourth-order valence-corrected chi connectivity index (χ4v) is 1.97. The zero-order valence-corrected chi connectivity index (χ0v) is 10.0. The van der Waals surface area contributed by atoms with Crippen molar-refractivity contribution in [3.05, 3.63) is 23.3 Å². The van der Waals surface area contributed by atoms with Gasteiger partial charge in [-0.3, -0.25) is 4.79 Å². The Bertz CT molecular complexity index is 271. The quantitative estimate of drug-likeness (QED) is 0.616. The van der Waals surface area contributed by atoms with Gasteiger partial charge in [0.1, 0.15) is 0 Å². The fraction of sp³-hybridized carbons (Fsp3) is 0.643. The third-order valence-electron chi connectivity index (χ3n) is 2.97. The standard InChI is InChI=1S/C14H22O/c1-3-4-5-6-7-10-13-12(2)9-8-11-14(13)15/h7,10H,3-6,8-9,11H2,1-2H3/b10-7-. The van der Waals surface area contributed by atoms with Crippen molar-refractivity contribution in [2.75, 3.05) is 0 Å². The maximum Gasteiger partial charge on any atom is 0.162 e. The third-order valence-corrected chi connectivity index (χ3v) is 2.97. The summed E-state index contributed by atoms with van der Waals surface area (Å²) in [5, 5.41) is 0. The smallest absolute Gasteiger partial charge is 0.162 e. The van der Waals surface area contributed by atoms with Crippen molar-refractivity contribution in [3.63, 3.8) is 0 Å². The number of rotatable bonds is 5. The van der Waals surface area contributed by atoms with Gasteiger partial charge in [0, 0.05) is 12.0 Å². The first kappa shape index (κ1) is 12.2. The summed E-state index contributed by atoms with van der Waals surface area (Å²) in [6, 6.07) is 0. The molecule has 0 bridgehead atoms. The van der Waals surface area contributed by atoms with Crippen LogP contribution >= 0.6 is 0 Å². The topological polar surface area (TPSA) is 17.1 Å². The van der Waals surface area contributed by atoms with Crippen molar-refractivity contribution >= 4 is 5.78 Å². The number of hydrogen-bond donors (Lipinski definition) is 0. The Balaban J connectivity index is 2.44. The molecular weight excluding hydrogens is 184 g/mol. The fourth-order valence-electron chi connectivity index (χ4n) is 1.97. The summed E-state index contributed by atoms with van der Waals surface area (Å²) in [4.78, 5) is 11.6. The van der Waals surface area contributed by atoms with Crippen molar-refractivity contribution < 1.29 is 4.79 Å². The molecule has 0 saturated carbocycles. The molecule has 0 radical (unpaired) electrons. The Hall–Kier alpha value is -0.850. The molecular formula is C14H22O. The predicted octanol–water partition coefficient (Wildman–Crippen LogP) is 4.19. The van der Waals surface area contributed by atoms with Gasteiger partial charge in [0.15, 0.2) is 5.78 Å². The number of carbonyl (C=O) groups excluding carboxylic acids is 1. The average Bonchev–Trinajstić information content (AvgIpc) is 2.21. The molecule has 0 spiro atoms. The first-order chi connectivity index (χ1) is 7.25. The van der Waals surface area contributed by atoms with Crippen LogP contribution in [0.1, 0.15) is 58.8 Å². The summed E-state index contributed by atoms with van der Waals surface area (Å²) in [5.41, 5.74) is 2.26. The lowest BCUT2D eigenvalue weighted by Gasteiger charge is -2.13. The van der Waals surface area contributed by atoms with Crippen molar-refractivity contribution in [1.82, 2.24) is 0 Å². The van der Waals surface area contributed by atoms with E-state index in [1.165, 1.54) is 24.8 Å². The van der Waals surface area contributed by atoms with E-state index in [1.54, 1.807) is 0 Å². The maximum atomic E-state index is 11.6. The van der Waals surface area contributed by atoms with Gasteiger partial charge in [0.2, 0.25) is 0 Å². The second-order valence-electron chi connectivity index (χ2n) is 4.37. The summed E-state index contributed by atoms with van der Waals surface area (Å²) in [7, 11) is 0. The van der Waals surface area contributed by atoms with E-state index in [0.717, 1.165) is 31.3 Å². The van der Waals surface area contributed by atoms with Crippen LogP contribution in [-0.4, -0.2) is 5.78 Å². The van der Waals surface area contributed by atoms with E-state index in [2.05, 4.69) is 19.9 Å². The number of hydrogen-bond acceptors (Lipinski definition) is 1. The maximum absolute atomic E-state index is 11.6. The molecule has 0 aromatic rings. The highest BCUT2D eigenvalue weighted by molar-refractivity contribution is 5.99. The molecule has 15 heavy (non-hydrogen) atoms. The van der Waals surface area contributed by atoms with Crippen molar-refractivity contribution in [1.29, 1.82) is 0 Å². The number of unbranched alkanes of at least 4 members (excludes halogenated alkanes) is 3. The summed E-state index contributed by atoms with van der Waals surface area (Å²) < 4.78 is 0. The second-order valence-corrected chi connectivity index (χ2v) is 4.37. The van der Waals surface area contributed by atoms with Gasteiger partial charge in [-0.25, -0.2) is 0 Å². The SMILES string of the molecule is CCCCC/C=C\C1=C(C)CCCC1=O. The van der Waals surface area contributed by atoms with Crippen LogP contribution in [0.25, 0.3) is 0 Å². The number of allylic oxidation sites excluding steroid dienone is 4. The summed E-state index contributed by atoms with van der Waals surface area (Å²) in [6.07, 6.45) is 12.0. The van der Waals surface area contributed by atoms with Crippen LogP contribution in [0.3, 0.4) is 0 Å². The minimum absolute atomic E-state index is 0.338. The Morgan fingerprint density at radius 3 is 2.73 bits per heavy atom. The molecule has 1 rings (SSSR count). The van der Waals surface area contributed by atoms with Gasteiger partial charge in [-0.05, 0) is 32.6 Å². The molecule has 0 aliphatic heterocycles. The highest BCUT2D eigenvalue weighted by Crippen LogP contribution is 2.22. The van der Waals surface area contributed by atoms with E-state index < -0.39 is 0 Å². The summed E-state index contributed by atoms with van der Waals surface area (Å²) in [5.74, 6) is 0.338. The van der Waals surface area contributed by atoms with E-state index in [9.17, 15) is 4.79 Å². The van der Waals surface area contributed by atoms with Gasteiger partial charge >= 0.3 is 0 Å². The van der Waals surface area contributed by atoms with Crippen LogP contribution in [0.2, 0.25) is 0 Å². The van der Waals surface area contributed by atoms with E-state index >= 15 is 0 Å². The largest absolute Gasteiger partial charge is 0.294 e. The van der Waals surface area contributed by atoms with Crippen LogP contribution in [0.4, 0.5) is 0 Å². The lowest BCUT2D eigenvalue weighted by Crippen LogP contribution is -2.08. The van der Waals surface area contributed by atoms with E-state index in [0.29, 0.717) is 5.78 Å². The van der Waals surface area contributed by atoms with Crippen LogP contribution in [0, 0.1) is 0 Å². The summed E-state index contributed by atoms with van der Waals surface area (Å²) in [6.45, 7) is 4.30. The molecule has 1 aliphatic carbocycles. The van der Waals surface area contributed by atoms with Gasteiger partial charge in [0.25, 0.3) is 0 Å². The molecule has 0 atom stereocenters. The highest BCUT2D eigenvalue weighted by atomic mass is 16.1. The average molecular weight is 206 g/mol. The van der Waals surface area contributed by atoms with Crippen LogP contribution in [0.15, 0.2) is 23.3 Å². The van der Waals surface area contributed by atoms with Crippen LogP contribution < -0.4 is 0 Å². The summed E-state index contributed by atoms with van der Waals surface area (Å²) >= 11 is 0. The molecule has 0 unspecified atom stereocenters. The van der Waals surface area contributed by atoms with Gasteiger partial charge in [-0.15, -0.1) is 0 Å². The minimum atomic E-state index is 0.338. The Kier molecular flexibility index (Phi) is 5.38. The molecule has 0 aromatic carbocycles. The Morgan fingerprint density at radius 1 is 1.27 bits per heavy atom. The van der Waals surface area contributed by atoms with E-state index in [-0.39, 0.29) is 0 Å². The van der Waals surface area contributed by atoms with Crippen molar-refractivity contribution in [2.24, 2.45) is 0 Å². The molecule has 0 amide bonds. The Labute approximate surface area is 93.3 Å². The van der Waals surface area contributed by atoms with Gasteiger partial charge in [-0.1, -0.05) is 37.5 Å². The Morgan fingerprint density at radius 2 is 2.07 bits per heavy atom. The van der Waals surface area contributed by atoms with Gasteiger partial charge in [0.05, 0.1) is 0 Å². The van der Waals surface area contributed by atoms with Crippen molar-refractivity contribution in [3.8, 4) is 0 Å². The predicted molar refractivity (Wildman–Crippen MR) is 64.8 cm³/mol. The highest BCUT2D eigenvalue weighted by Gasteiger charge is 2.14. The molecule has 0 aromatic heterocycles. The second kappa shape index (κ2) is 6.60. The lowest BCUT2D eigenvalue weighted by atomic mass is 9.91. The minimum Gasteiger partial charge on any atom is -0.294 e. The van der Waals surface area contributed by atoms with Gasteiger partial charge < -0.3 is 0 Å². The van der Waals surface area contributed by atoms with Crippen LogP contribution in [0.5, 0.6) is 0 Å². The van der Waals surface area contributed by atoms with E-state index in [1.807, 2.05) is 6.08 Å². The first-order valence-corrected chi connectivity index (χ1v) is 6.15. The molecule has 0 saturated heterocycles. The first-order valence-electron chi connectivity index (χ1n) is 6.15. The monoisotopic (exact) mass is 206 g/mol. The molecule has 1 heteroatoms. The normalized spacial score (nSPS) is 17.9.